The van der Waals surface area contributed by atoms with Crippen LogP contribution in [0.15, 0.2) is 23.8 Å². The average Bonchev–Trinajstić information content (AvgIpc) is 2.10. The molecule has 0 fully saturated rings. The van der Waals surface area contributed by atoms with Crippen LogP contribution in [-0.4, -0.2) is 0 Å². The fourth-order valence-electron chi connectivity index (χ4n) is 1.57. The first-order valence-corrected chi connectivity index (χ1v) is 5.88. The van der Waals surface area contributed by atoms with Crippen LogP contribution in [-0.2, 0) is 0 Å². The Labute approximate surface area is 90.1 Å². The van der Waals surface area contributed by atoms with Gasteiger partial charge in [0.1, 0.15) is 0 Å². The molecule has 0 N–H and O–H groups in total. The third-order valence-electron chi connectivity index (χ3n) is 2.35. The highest BCUT2D eigenvalue weighted by molar-refractivity contribution is 5.07. The molecule has 0 rings (SSSR count). The van der Waals surface area contributed by atoms with E-state index in [1.165, 1.54) is 36.8 Å². The van der Waals surface area contributed by atoms with Crippen molar-refractivity contribution >= 4 is 0 Å². The summed E-state index contributed by atoms with van der Waals surface area (Å²) in [5.74, 6) is 0.773. The lowest BCUT2D eigenvalue weighted by atomic mass is 10.0. The Kier molecular flexibility index (Phi) is 7.55. The maximum atomic E-state index is 4.10. The van der Waals surface area contributed by atoms with Gasteiger partial charge in [0.05, 0.1) is 0 Å². The van der Waals surface area contributed by atoms with E-state index in [9.17, 15) is 0 Å². The van der Waals surface area contributed by atoms with E-state index in [2.05, 4.69) is 40.3 Å². The molecule has 0 aliphatic rings. The molecule has 0 aromatic rings. The highest BCUT2D eigenvalue weighted by atomic mass is 14.0. The van der Waals surface area contributed by atoms with Crippen LogP contribution < -0.4 is 0 Å². The van der Waals surface area contributed by atoms with Gasteiger partial charge in [0.15, 0.2) is 0 Å². The maximum absolute atomic E-state index is 4.10. The van der Waals surface area contributed by atoms with Gasteiger partial charge >= 0.3 is 0 Å². The molecule has 14 heavy (non-hydrogen) atoms. The van der Waals surface area contributed by atoms with Gasteiger partial charge in [-0.3, -0.25) is 0 Å². The van der Waals surface area contributed by atoms with E-state index in [4.69, 9.17) is 0 Å². The van der Waals surface area contributed by atoms with Crippen LogP contribution in [0.5, 0.6) is 0 Å². The van der Waals surface area contributed by atoms with Gasteiger partial charge in [0.25, 0.3) is 0 Å². The Bertz CT molecular complexity index is 184. The van der Waals surface area contributed by atoms with Gasteiger partial charge in [-0.2, -0.15) is 0 Å². The second kappa shape index (κ2) is 7.84. The van der Waals surface area contributed by atoms with Gasteiger partial charge in [-0.05, 0) is 38.5 Å². The molecule has 0 radical (unpaired) electrons. The van der Waals surface area contributed by atoms with E-state index in [1.807, 2.05) is 0 Å². The summed E-state index contributed by atoms with van der Waals surface area (Å²) in [4.78, 5) is 0. The molecule has 0 unspecified atom stereocenters. The van der Waals surface area contributed by atoms with Gasteiger partial charge in [0, 0.05) is 0 Å². The predicted octanol–water partition coefficient (Wildman–Crippen LogP) is 5.12. The fraction of sp³-hybridized carbons (Fsp3) is 0.714. The van der Waals surface area contributed by atoms with E-state index in [-0.39, 0.29) is 0 Å². The largest absolute Gasteiger partial charge is 0.0995 e. The van der Waals surface area contributed by atoms with Gasteiger partial charge in [-0.25, -0.2) is 0 Å². The Morgan fingerprint density at radius 2 is 2.00 bits per heavy atom. The highest BCUT2D eigenvalue weighted by Gasteiger charge is 1.96. The monoisotopic (exact) mass is 194 g/mol. The number of hydrogen-bond acceptors (Lipinski definition) is 0. The molecule has 0 nitrogen and oxygen atoms in total. The smallest absolute Gasteiger partial charge is 0.0139 e. The predicted molar refractivity (Wildman–Crippen MR) is 66.5 cm³/mol. The Morgan fingerprint density at radius 1 is 1.36 bits per heavy atom. The van der Waals surface area contributed by atoms with E-state index in [0.29, 0.717) is 0 Å². The van der Waals surface area contributed by atoms with E-state index in [0.717, 1.165) is 12.3 Å². The highest BCUT2D eigenvalue weighted by Crippen LogP contribution is 2.14. The second-order valence-corrected chi connectivity index (χ2v) is 4.71. The van der Waals surface area contributed by atoms with Gasteiger partial charge in [-0.1, -0.05) is 51.0 Å². The molecular formula is C14H26. The van der Waals surface area contributed by atoms with Gasteiger partial charge in [-0.15, -0.1) is 0 Å². The standard InChI is InChI=1S/C14H26/c1-6-7-8-13(4)9-10-14(5)11-12(2)3/h10,12H,4,6-9,11H2,1-3,5H3/b14-10+. The van der Waals surface area contributed by atoms with E-state index in [1.54, 1.807) is 0 Å². The quantitative estimate of drug-likeness (QED) is 0.494. The van der Waals surface area contributed by atoms with Crippen LogP contribution in [0.4, 0.5) is 0 Å². The zero-order chi connectivity index (χ0) is 11.0. The van der Waals surface area contributed by atoms with Crippen molar-refractivity contribution in [2.45, 2.75) is 59.8 Å². The van der Waals surface area contributed by atoms with Crippen molar-refractivity contribution in [3.05, 3.63) is 23.8 Å². The van der Waals surface area contributed by atoms with Crippen LogP contribution in [0.25, 0.3) is 0 Å². The summed E-state index contributed by atoms with van der Waals surface area (Å²) in [5.41, 5.74) is 2.90. The fourth-order valence-corrected chi connectivity index (χ4v) is 1.57. The lowest BCUT2D eigenvalue weighted by Crippen LogP contribution is -1.88. The summed E-state index contributed by atoms with van der Waals surface area (Å²) < 4.78 is 0. The molecule has 0 saturated carbocycles. The maximum Gasteiger partial charge on any atom is -0.0139 e. The number of unbranched alkanes of at least 4 members (excludes halogenated alkanes) is 1. The lowest BCUT2D eigenvalue weighted by Gasteiger charge is -2.06. The van der Waals surface area contributed by atoms with Crippen molar-refractivity contribution in [2.24, 2.45) is 5.92 Å². The molecule has 82 valence electrons. The summed E-state index contributed by atoms with van der Waals surface area (Å²) in [6.45, 7) is 13.1. The second-order valence-electron chi connectivity index (χ2n) is 4.71. The molecule has 0 spiro atoms. The van der Waals surface area contributed by atoms with Crippen molar-refractivity contribution in [3.63, 3.8) is 0 Å². The van der Waals surface area contributed by atoms with Crippen molar-refractivity contribution in [3.8, 4) is 0 Å². The SMILES string of the molecule is C=C(C/C=C(\C)CC(C)C)CCCC. The van der Waals surface area contributed by atoms with Gasteiger partial charge in [0.2, 0.25) is 0 Å². The van der Waals surface area contributed by atoms with Crippen LogP contribution >= 0.6 is 0 Å². The first kappa shape index (κ1) is 13.5. The third-order valence-corrected chi connectivity index (χ3v) is 2.35. The summed E-state index contributed by atoms with van der Waals surface area (Å²) in [5, 5.41) is 0. The van der Waals surface area contributed by atoms with Crippen LogP contribution in [0.1, 0.15) is 59.8 Å². The molecule has 0 amide bonds. The first-order valence-electron chi connectivity index (χ1n) is 5.88. The van der Waals surface area contributed by atoms with Crippen molar-refractivity contribution in [1.29, 1.82) is 0 Å². The molecule has 0 aromatic heterocycles. The van der Waals surface area contributed by atoms with E-state index >= 15 is 0 Å². The minimum absolute atomic E-state index is 0.773. The minimum Gasteiger partial charge on any atom is -0.0995 e. The molecule has 0 saturated heterocycles. The molecule has 0 heterocycles. The summed E-state index contributed by atoms with van der Waals surface area (Å²) in [6, 6.07) is 0. The molecule has 0 heteroatoms. The van der Waals surface area contributed by atoms with Crippen molar-refractivity contribution in [1.82, 2.24) is 0 Å². The Balaban J connectivity index is 3.72. The zero-order valence-electron chi connectivity index (χ0n) is 10.4. The molecular weight excluding hydrogens is 168 g/mol. The minimum atomic E-state index is 0.773. The van der Waals surface area contributed by atoms with Crippen LogP contribution in [0, 0.1) is 5.92 Å². The van der Waals surface area contributed by atoms with E-state index < -0.39 is 0 Å². The number of hydrogen-bond donors (Lipinski definition) is 0. The van der Waals surface area contributed by atoms with Crippen molar-refractivity contribution < 1.29 is 0 Å². The van der Waals surface area contributed by atoms with Crippen LogP contribution in [0.2, 0.25) is 0 Å². The summed E-state index contributed by atoms with van der Waals surface area (Å²) >= 11 is 0. The van der Waals surface area contributed by atoms with Crippen LogP contribution in [0.3, 0.4) is 0 Å². The zero-order valence-corrected chi connectivity index (χ0v) is 10.4. The molecule has 0 aromatic carbocycles. The lowest BCUT2D eigenvalue weighted by molar-refractivity contribution is 0.640. The first-order chi connectivity index (χ1) is 6.56. The topological polar surface area (TPSA) is 0 Å². The normalized spacial score (nSPS) is 12.2. The summed E-state index contributed by atoms with van der Waals surface area (Å²) in [7, 11) is 0. The Morgan fingerprint density at radius 3 is 2.50 bits per heavy atom. The molecule has 0 bridgehead atoms. The summed E-state index contributed by atoms with van der Waals surface area (Å²) in [6.07, 6.45) is 8.41. The van der Waals surface area contributed by atoms with Gasteiger partial charge < -0.3 is 0 Å². The average molecular weight is 194 g/mol. The molecule has 0 aliphatic heterocycles. The molecule has 0 aliphatic carbocycles. The van der Waals surface area contributed by atoms with Crippen molar-refractivity contribution in [2.75, 3.05) is 0 Å². The number of rotatable bonds is 7. The molecule has 0 atom stereocenters. The third kappa shape index (κ3) is 8.10. The number of allylic oxidation sites excluding steroid dienone is 3. The Hall–Kier alpha value is -0.520.